The van der Waals surface area contributed by atoms with E-state index >= 15 is 4.39 Å². The average molecular weight is 632 g/mol. The third kappa shape index (κ3) is 8.08. The third-order valence-corrected chi connectivity index (χ3v) is 6.66. The number of benzene rings is 4. The molecule has 4 rings (SSSR count). The maximum absolute atomic E-state index is 15.2. The number of alkyl halides is 9. The Kier molecular flexibility index (Phi) is 9.59. The Morgan fingerprint density at radius 1 is 0.636 bits per heavy atom. The highest BCUT2D eigenvalue weighted by molar-refractivity contribution is 5.40. The van der Waals surface area contributed by atoms with E-state index in [1.165, 1.54) is 42.5 Å². The van der Waals surface area contributed by atoms with Crippen LogP contribution in [-0.2, 0) is 25.1 Å². The number of halogens is 10. The summed E-state index contributed by atoms with van der Waals surface area (Å²) in [6, 6.07) is 13.3. The molecular weight excluding hydrogens is 608 g/mol. The molecule has 0 amide bonds. The Morgan fingerprint density at radius 2 is 1.20 bits per heavy atom. The van der Waals surface area contributed by atoms with E-state index in [0.717, 1.165) is 36.4 Å². The number of hydrogen-bond acceptors (Lipinski definition) is 3. The first-order valence-electron chi connectivity index (χ1n) is 12.9. The van der Waals surface area contributed by atoms with Gasteiger partial charge in [-0.1, -0.05) is 42.5 Å². The number of aliphatic hydroxyl groups excluding tert-OH is 1. The second-order valence-corrected chi connectivity index (χ2v) is 9.75. The van der Waals surface area contributed by atoms with Crippen molar-refractivity contribution < 1.29 is 53.7 Å². The highest BCUT2D eigenvalue weighted by atomic mass is 19.4. The summed E-state index contributed by atoms with van der Waals surface area (Å²) in [6.45, 7) is -1.07. The zero-order valence-corrected chi connectivity index (χ0v) is 22.4. The first kappa shape index (κ1) is 32.8. The highest BCUT2D eigenvalue weighted by Crippen LogP contribution is 2.36. The van der Waals surface area contributed by atoms with E-state index in [4.69, 9.17) is 4.74 Å². The molecule has 0 saturated carbocycles. The molecule has 0 spiro atoms. The van der Waals surface area contributed by atoms with Gasteiger partial charge in [-0.05, 0) is 65.2 Å². The van der Waals surface area contributed by atoms with Gasteiger partial charge < -0.3 is 9.84 Å². The molecule has 234 valence electrons. The van der Waals surface area contributed by atoms with E-state index in [0.29, 0.717) is 6.07 Å². The molecule has 2 unspecified atom stereocenters. The van der Waals surface area contributed by atoms with Crippen molar-refractivity contribution in [1.82, 2.24) is 5.32 Å². The Balaban J connectivity index is 1.70. The molecule has 0 aliphatic carbocycles. The van der Waals surface area contributed by atoms with Gasteiger partial charge in [-0.15, -0.1) is 0 Å². The summed E-state index contributed by atoms with van der Waals surface area (Å²) in [5.41, 5.74) is -3.17. The van der Waals surface area contributed by atoms with Gasteiger partial charge in [0.05, 0.1) is 35.4 Å². The van der Waals surface area contributed by atoms with Gasteiger partial charge >= 0.3 is 18.5 Å². The largest absolute Gasteiger partial charge is 0.489 e. The van der Waals surface area contributed by atoms with E-state index in [9.17, 15) is 44.6 Å². The molecule has 0 heterocycles. The lowest BCUT2D eigenvalue weighted by atomic mass is 9.94. The molecular formula is C31H23F10NO2. The van der Waals surface area contributed by atoms with Gasteiger partial charge in [-0.25, -0.2) is 4.39 Å². The van der Waals surface area contributed by atoms with Gasteiger partial charge in [0.2, 0.25) is 0 Å². The molecule has 44 heavy (non-hydrogen) atoms. The van der Waals surface area contributed by atoms with Crippen molar-refractivity contribution in [3.63, 3.8) is 0 Å². The van der Waals surface area contributed by atoms with Gasteiger partial charge in [0.25, 0.3) is 0 Å². The third-order valence-electron chi connectivity index (χ3n) is 6.66. The lowest BCUT2D eigenvalue weighted by molar-refractivity contribution is -0.138. The highest BCUT2D eigenvalue weighted by Gasteiger charge is 2.34. The predicted molar refractivity (Wildman–Crippen MR) is 140 cm³/mol. The minimum Gasteiger partial charge on any atom is -0.489 e. The molecule has 0 aromatic heterocycles. The topological polar surface area (TPSA) is 41.5 Å². The number of rotatable bonds is 9. The predicted octanol–water partition coefficient (Wildman–Crippen LogP) is 8.87. The lowest BCUT2D eigenvalue weighted by Crippen LogP contribution is -2.30. The van der Waals surface area contributed by atoms with Crippen molar-refractivity contribution in [2.75, 3.05) is 6.61 Å². The SMILES string of the molecule is OCC(NC(c1cccc(OCc2cccc(C(F)(F)F)c2)c1)c1ccc(C(F)(F)F)cc1F)c1cccc(C(F)(F)F)c1. The van der Waals surface area contributed by atoms with Crippen molar-refractivity contribution in [3.8, 4) is 5.75 Å². The van der Waals surface area contributed by atoms with E-state index in [2.05, 4.69) is 5.32 Å². The molecule has 4 aromatic rings. The van der Waals surface area contributed by atoms with Crippen LogP contribution in [0.2, 0.25) is 0 Å². The Hall–Kier alpha value is -4.10. The molecule has 2 N–H and O–H groups in total. The van der Waals surface area contributed by atoms with Gasteiger partial charge in [-0.2, -0.15) is 39.5 Å². The Labute approximate surface area is 244 Å². The van der Waals surface area contributed by atoms with Crippen LogP contribution in [0.5, 0.6) is 5.75 Å². The van der Waals surface area contributed by atoms with E-state index < -0.39 is 59.7 Å². The van der Waals surface area contributed by atoms with Gasteiger partial charge in [0, 0.05) is 5.56 Å². The van der Waals surface area contributed by atoms with Crippen molar-refractivity contribution in [2.24, 2.45) is 0 Å². The van der Waals surface area contributed by atoms with Crippen LogP contribution in [0.3, 0.4) is 0 Å². The smallest absolute Gasteiger partial charge is 0.416 e. The summed E-state index contributed by atoms with van der Waals surface area (Å²) in [6.07, 6.45) is -14.1. The van der Waals surface area contributed by atoms with E-state index in [1.807, 2.05) is 0 Å². The first-order valence-corrected chi connectivity index (χ1v) is 12.9. The fourth-order valence-corrected chi connectivity index (χ4v) is 4.48. The van der Waals surface area contributed by atoms with Crippen molar-refractivity contribution in [1.29, 1.82) is 0 Å². The number of hydrogen-bond donors (Lipinski definition) is 2. The quantitative estimate of drug-likeness (QED) is 0.181. The normalized spacial score (nSPS) is 13.9. The summed E-state index contributed by atoms with van der Waals surface area (Å²) in [7, 11) is 0. The van der Waals surface area contributed by atoms with Crippen LogP contribution in [0.1, 0.15) is 51.0 Å². The fraction of sp³-hybridized carbons (Fsp3) is 0.226. The first-order chi connectivity index (χ1) is 20.6. The second-order valence-electron chi connectivity index (χ2n) is 9.75. The summed E-state index contributed by atoms with van der Waals surface area (Å²) in [5.74, 6) is -1.19. The monoisotopic (exact) mass is 631 g/mol. The number of ether oxygens (including phenoxy) is 1. The Bertz CT molecular complexity index is 1580. The summed E-state index contributed by atoms with van der Waals surface area (Å²) < 4.78 is 140. The molecule has 0 aliphatic heterocycles. The number of aliphatic hydroxyl groups is 1. The molecule has 3 nitrogen and oxygen atoms in total. The van der Waals surface area contributed by atoms with Crippen molar-refractivity contribution in [2.45, 2.75) is 37.2 Å². The minimum absolute atomic E-state index is 0.0309. The molecule has 0 saturated heterocycles. The van der Waals surface area contributed by atoms with Crippen LogP contribution < -0.4 is 10.1 Å². The van der Waals surface area contributed by atoms with Crippen LogP contribution >= 0.6 is 0 Å². The molecule has 0 bridgehead atoms. The maximum Gasteiger partial charge on any atom is 0.416 e. The Morgan fingerprint density at radius 3 is 1.82 bits per heavy atom. The molecule has 0 fully saturated rings. The van der Waals surface area contributed by atoms with Crippen molar-refractivity contribution >= 4 is 0 Å². The van der Waals surface area contributed by atoms with E-state index in [1.54, 1.807) is 0 Å². The molecule has 0 aliphatic rings. The maximum atomic E-state index is 15.2. The summed E-state index contributed by atoms with van der Waals surface area (Å²) >= 11 is 0. The zero-order valence-electron chi connectivity index (χ0n) is 22.4. The second kappa shape index (κ2) is 12.9. The van der Waals surface area contributed by atoms with Gasteiger partial charge in [0.1, 0.15) is 18.2 Å². The molecule has 2 atom stereocenters. The summed E-state index contributed by atoms with van der Waals surface area (Å²) in [4.78, 5) is 0. The molecule has 13 heteroatoms. The average Bonchev–Trinajstić information content (AvgIpc) is 2.96. The van der Waals surface area contributed by atoms with Crippen LogP contribution in [0.4, 0.5) is 43.9 Å². The zero-order chi connectivity index (χ0) is 32.3. The fourth-order valence-electron chi connectivity index (χ4n) is 4.48. The molecule has 4 aromatic carbocycles. The van der Waals surface area contributed by atoms with Crippen LogP contribution in [0.25, 0.3) is 0 Å². The van der Waals surface area contributed by atoms with Gasteiger partial charge in [0.15, 0.2) is 0 Å². The van der Waals surface area contributed by atoms with Crippen molar-refractivity contribution in [3.05, 3.63) is 136 Å². The van der Waals surface area contributed by atoms with Crippen LogP contribution in [0, 0.1) is 5.82 Å². The lowest BCUT2D eigenvalue weighted by Gasteiger charge is -2.27. The standard InChI is InChI=1S/C31H23F10NO2/c32-26-15-23(31(39,40)41)10-11-25(26)28(42-27(16-43)19-5-2-8-22(13-19)30(36,37)38)20-6-3-9-24(14-20)44-17-18-4-1-7-21(12-18)29(33,34)35/h1-15,27-28,42-43H,16-17H2. The van der Waals surface area contributed by atoms with Crippen LogP contribution in [0.15, 0.2) is 91.0 Å². The minimum atomic E-state index is -4.86. The number of nitrogens with one attached hydrogen (secondary N) is 1. The summed E-state index contributed by atoms with van der Waals surface area (Å²) in [5, 5.41) is 12.9. The van der Waals surface area contributed by atoms with Crippen LogP contribution in [-0.4, -0.2) is 11.7 Å². The van der Waals surface area contributed by atoms with E-state index in [-0.39, 0.29) is 40.7 Å². The molecule has 0 radical (unpaired) electrons. The van der Waals surface area contributed by atoms with Gasteiger partial charge in [-0.3, -0.25) is 5.32 Å².